The van der Waals surface area contributed by atoms with Crippen molar-refractivity contribution in [1.82, 2.24) is 10.6 Å². The Balaban J connectivity index is 0.00000240. The third-order valence-electron chi connectivity index (χ3n) is 4.94. The molecule has 0 saturated heterocycles. The second-order valence-electron chi connectivity index (χ2n) is 6.88. The first-order valence-corrected chi connectivity index (χ1v) is 9.96. The minimum Gasteiger partial charge on any atom is -0.386 e. The number of aliphatic hydroxyl groups is 1. The number of halogens is 3. The molecule has 154 valence electrons. The van der Waals surface area contributed by atoms with Gasteiger partial charge < -0.3 is 15.7 Å². The van der Waals surface area contributed by atoms with Crippen LogP contribution in [0.25, 0.3) is 10.1 Å². The van der Waals surface area contributed by atoms with Crippen LogP contribution in [0.15, 0.2) is 53.5 Å². The van der Waals surface area contributed by atoms with Crippen LogP contribution < -0.4 is 10.6 Å². The molecule has 1 fully saturated rings. The van der Waals surface area contributed by atoms with Crippen molar-refractivity contribution in [3.05, 3.63) is 70.6 Å². The van der Waals surface area contributed by atoms with Gasteiger partial charge in [-0.05, 0) is 36.1 Å². The number of thiophene rings is 1. The molecule has 2 aromatic carbocycles. The molecule has 1 aliphatic carbocycles. The van der Waals surface area contributed by atoms with Crippen LogP contribution in [0, 0.1) is 11.6 Å². The van der Waals surface area contributed by atoms with E-state index in [4.69, 9.17) is 0 Å². The summed E-state index contributed by atoms with van der Waals surface area (Å²) in [4.78, 5) is 5.03. The molecular weight excluding hydrogens is 507 g/mol. The molecule has 1 aliphatic rings. The molecule has 0 bridgehead atoms. The second kappa shape index (κ2) is 9.36. The maximum atomic E-state index is 13.9. The normalized spacial score (nSPS) is 19.5. The number of aliphatic imine (C=N–C) groups is 1. The lowest BCUT2D eigenvalue weighted by atomic mass is 10.1. The zero-order valence-corrected chi connectivity index (χ0v) is 18.9. The number of nitrogens with zero attached hydrogens (tertiary/aromatic N) is 1. The first-order chi connectivity index (χ1) is 13.6. The molecule has 0 aliphatic heterocycles. The van der Waals surface area contributed by atoms with Gasteiger partial charge in [-0.3, -0.25) is 4.99 Å². The predicted octanol–water partition coefficient (Wildman–Crippen LogP) is 4.55. The molecular formula is C21H22F2IN3OS. The predicted molar refractivity (Wildman–Crippen MR) is 124 cm³/mol. The van der Waals surface area contributed by atoms with Crippen LogP contribution in [-0.4, -0.2) is 30.7 Å². The number of aliphatic hydroxyl groups excluding tert-OH is 1. The summed E-state index contributed by atoms with van der Waals surface area (Å²) >= 11 is 1.56. The number of rotatable bonds is 5. The molecule has 1 aromatic heterocycles. The topological polar surface area (TPSA) is 56.7 Å². The van der Waals surface area contributed by atoms with Crippen molar-refractivity contribution in [1.29, 1.82) is 0 Å². The van der Waals surface area contributed by atoms with Gasteiger partial charge in [-0.2, -0.15) is 0 Å². The molecule has 3 N–H and O–H groups in total. The molecule has 29 heavy (non-hydrogen) atoms. The lowest BCUT2D eigenvalue weighted by molar-refractivity contribution is 0.184. The fourth-order valence-corrected chi connectivity index (χ4v) is 4.42. The maximum absolute atomic E-state index is 13.9. The van der Waals surface area contributed by atoms with E-state index in [1.165, 1.54) is 18.2 Å². The van der Waals surface area contributed by atoms with Crippen molar-refractivity contribution >= 4 is 51.4 Å². The zero-order valence-electron chi connectivity index (χ0n) is 15.7. The highest BCUT2D eigenvalue weighted by Crippen LogP contribution is 2.43. The Hall–Kier alpha value is -1.78. The average molecular weight is 529 g/mol. The minimum absolute atomic E-state index is 0. The van der Waals surface area contributed by atoms with Crippen molar-refractivity contribution in [3.63, 3.8) is 0 Å². The van der Waals surface area contributed by atoms with Crippen molar-refractivity contribution in [2.24, 2.45) is 4.99 Å². The molecule has 1 heterocycles. The summed E-state index contributed by atoms with van der Waals surface area (Å²) in [7, 11) is 1.63. The van der Waals surface area contributed by atoms with Crippen LogP contribution in [0.2, 0.25) is 0 Å². The van der Waals surface area contributed by atoms with E-state index in [1.807, 2.05) is 30.3 Å². The Bertz CT molecular complexity index is 973. The van der Waals surface area contributed by atoms with Gasteiger partial charge in [0.25, 0.3) is 0 Å². The Labute approximate surface area is 189 Å². The Morgan fingerprint density at radius 2 is 1.93 bits per heavy atom. The summed E-state index contributed by atoms with van der Waals surface area (Å²) < 4.78 is 29.0. The van der Waals surface area contributed by atoms with Gasteiger partial charge in [-0.1, -0.05) is 24.3 Å². The van der Waals surface area contributed by atoms with E-state index in [-0.39, 0.29) is 48.0 Å². The van der Waals surface area contributed by atoms with E-state index in [9.17, 15) is 13.9 Å². The van der Waals surface area contributed by atoms with Gasteiger partial charge in [0.2, 0.25) is 0 Å². The number of guanidine groups is 1. The Kier molecular flexibility index (Phi) is 7.07. The van der Waals surface area contributed by atoms with Crippen LogP contribution in [0.4, 0.5) is 8.78 Å². The van der Waals surface area contributed by atoms with Crippen molar-refractivity contribution in [2.75, 3.05) is 13.6 Å². The summed E-state index contributed by atoms with van der Waals surface area (Å²) in [5.74, 6) is -0.744. The molecule has 1 saturated carbocycles. The van der Waals surface area contributed by atoms with Crippen LogP contribution in [0.5, 0.6) is 0 Å². The first kappa shape index (κ1) is 21.9. The van der Waals surface area contributed by atoms with E-state index in [0.717, 1.165) is 15.0 Å². The SMILES string of the molecule is CN=C(NCC(O)c1cc2ccccc2s1)NC1CC1c1c(F)cccc1F.I. The van der Waals surface area contributed by atoms with Gasteiger partial charge >= 0.3 is 0 Å². The van der Waals surface area contributed by atoms with Crippen molar-refractivity contribution in [2.45, 2.75) is 24.5 Å². The maximum Gasteiger partial charge on any atom is 0.191 e. The lowest BCUT2D eigenvalue weighted by Crippen LogP contribution is -2.40. The molecule has 3 aromatic rings. The molecule has 0 amide bonds. The van der Waals surface area contributed by atoms with Crippen LogP contribution in [-0.2, 0) is 0 Å². The van der Waals surface area contributed by atoms with Gasteiger partial charge in [-0.25, -0.2) is 8.78 Å². The second-order valence-corrected chi connectivity index (χ2v) is 8.00. The molecule has 8 heteroatoms. The molecule has 3 unspecified atom stereocenters. The standard InChI is InChI=1S/C21H21F2N3OS.HI/c1-24-21(26-16-10-13(16)20-14(22)6-4-7-15(20)23)25-11-17(27)19-9-12-5-2-3-8-18(12)28-19;/h2-9,13,16-17,27H,10-11H2,1H3,(H2,24,25,26);1H. The number of hydrogen-bond donors (Lipinski definition) is 3. The number of benzene rings is 2. The summed E-state index contributed by atoms with van der Waals surface area (Å²) in [6, 6.07) is 13.8. The van der Waals surface area contributed by atoms with Crippen molar-refractivity contribution in [3.8, 4) is 0 Å². The fourth-order valence-electron chi connectivity index (χ4n) is 3.37. The average Bonchev–Trinajstić information content (AvgIpc) is 3.28. The third kappa shape index (κ3) is 4.87. The highest BCUT2D eigenvalue weighted by atomic mass is 127. The molecule has 3 atom stereocenters. The van der Waals surface area contributed by atoms with Crippen LogP contribution >= 0.6 is 35.3 Å². The van der Waals surface area contributed by atoms with Gasteiger partial charge in [0.05, 0.1) is 0 Å². The summed E-state index contributed by atoms with van der Waals surface area (Å²) in [5, 5.41) is 17.9. The summed E-state index contributed by atoms with van der Waals surface area (Å²) in [6.45, 7) is 0.290. The molecule has 0 radical (unpaired) electrons. The zero-order chi connectivity index (χ0) is 19.7. The van der Waals surface area contributed by atoms with Gasteiger partial charge in [0.15, 0.2) is 5.96 Å². The van der Waals surface area contributed by atoms with Crippen LogP contribution in [0.3, 0.4) is 0 Å². The monoisotopic (exact) mass is 529 g/mol. The molecule has 4 nitrogen and oxygen atoms in total. The van der Waals surface area contributed by atoms with E-state index in [0.29, 0.717) is 12.4 Å². The van der Waals surface area contributed by atoms with Crippen molar-refractivity contribution < 1.29 is 13.9 Å². The fraction of sp³-hybridized carbons (Fsp3) is 0.286. The van der Waals surface area contributed by atoms with E-state index in [2.05, 4.69) is 15.6 Å². The Morgan fingerprint density at radius 1 is 1.21 bits per heavy atom. The van der Waals surface area contributed by atoms with Crippen LogP contribution in [0.1, 0.15) is 28.9 Å². The third-order valence-corrected chi connectivity index (χ3v) is 6.16. The highest BCUT2D eigenvalue weighted by molar-refractivity contribution is 14.0. The van der Waals surface area contributed by atoms with Gasteiger partial charge in [-0.15, -0.1) is 35.3 Å². The smallest absolute Gasteiger partial charge is 0.191 e. The number of hydrogen-bond acceptors (Lipinski definition) is 3. The van der Waals surface area contributed by atoms with E-state index < -0.39 is 17.7 Å². The molecule has 4 rings (SSSR count). The first-order valence-electron chi connectivity index (χ1n) is 9.14. The highest BCUT2D eigenvalue weighted by Gasteiger charge is 2.42. The lowest BCUT2D eigenvalue weighted by Gasteiger charge is -2.15. The molecule has 0 spiro atoms. The van der Waals surface area contributed by atoms with Gasteiger partial charge in [0.1, 0.15) is 17.7 Å². The quantitative estimate of drug-likeness (QED) is 0.258. The van der Waals surface area contributed by atoms with E-state index >= 15 is 0 Å². The summed E-state index contributed by atoms with van der Waals surface area (Å²) in [6.07, 6.45) is -0.0350. The van der Waals surface area contributed by atoms with Gasteiger partial charge in [0, 0.05) is 40.7 Å². The Morgan fingerprint density at radius 3 is 2.62 bits per heavy atom. The summed E-state index contributed by atoms with van der Waals surface area (Å²) in [5.41, 5.74) is 0.126. The largest absolute Gasteiger partial charge is 0.386 e. The number of fused-ring (bicyclic) bond motifs is 1. The number of nitrogens with one attached hydrogen (secondary N) is 2. The van der Waals surface area contributed by atoms with E-state index in [1.54, 1.807) is 18.4 Å². The minimum atomic E-state index is -0.671.